The highest BCUT2D eigenvalue weighted by Gasteiger charge is 2.61. The molecule has 3 rings (SSSR count). The van der Waals surface area contributed by atoms with Gasteiger partial charge in [0.15, 0.2) is 0 Å². The summed E-state index contributed by atoms with van der Waals surface area (Å²) in [6.07, 6.45) is 1.60. The minimum absolute atomic E-state index is 0.124. The number of carboxylic acid groups (broad SMARTS) is 1. The van der Waals surface area contributed by atoms with E-state index in [4.69, 9.17) is 9.84 Å². The molecule has 1 aromatic carbocycles. The lowest BCUT2D eigenvalue weighted by molar-refractivity contribution is -0.139. The maximum Gasteiger partial charge on any atom is 0.307 e. The number of carbonyl (C=O) groups is 1. The Morgan fingerprint density at radius 3 is 3.00 bits per heavy atom. The largest absolute Gasteiger partial charge is 0.493 e. The fraction of sp³-hybridized carbons (Fsp3) is 0.417. The molecular weight excluding hydrogens is 192 g/mol. The monoisotopic (exact) mass is 204 g/mol. The average molecular weight is 204 g/mol. The number of hydrogen-bond acceptors (Lipinski definition) is 2. The Morgan fingerprint density at radius 1 is 1.47 bits per heavy atom. The van der Waals surface area contributed by atoms with Crippen molar-refractivity contribution in [2.24, 2.45) is 5.92 Å². The predicted octanol–water partition coefficient (Wildman–Crippen LogP) is 1.81. The molecule has 1 heterocycles. The van der Waals surface area contributed by atoms with E-state index in [9.17, 15) is 4.79 Å². The molecule has 2 atom stereocenters. The van der Waals surface area contributed by atoms with Crippen LogP contribution in [0.5, 0.6) is 5.75 Å². The van der Waals surface area contributed by atoms with Crippen LogP contribution in [0.4, 0.5) is 0 Å². The van der Waals surface area contributed by atoms with E-state index in [1.54, 1.807) is 0 Å². The van der Waals surface area contributed by atoms with Crippen LogP contribution in [-0.4, -0.2) is 17.7 Å². The Labute approximate surface area is 87.7 Å². The van der Waals surface area contributed by atoms with Crippen molar-refractivity contribution in [1.29, 1.82) is 0 Å². The number of rotatable bonds is 1. The first-order valence-corrected chi connectivity index (χ1v) is 5.19. The Morgan fingerprint density at radius 2 is 2.27 bits per heavy atom. The molecule has 3 nitrogen and oxygen atoms in total. The normalized spacial score (nSPS) is 31.9. The van der Waals surface area contributed by atoms with Gasteiger partial charge in [-0.2, -0.15) is 0 Å². The third-order valence-electron chi connectivity index (χ3n) is 3.60. The van der Waals surface area contributed by atoms with Crippen molar-refractivity contribution < 1.29 is 14.6 Å². The summed E-state index contributed by atoms with van der Waals surface area (Å²) >= 11 is 0. The van der Waals surface area contributed by atoms with Gasteiger partial charge < -0.3 is 9.84 Å². The van der Waals surface area contributed by atoms with Gasteiger partial charge in [-0.15, -0.1) is 0 Å². The third kappa shape index (κ3) is 1.09. The highest BCUT2D eigenvalue weighted by molar-refractivity contribution is 5.78. The molecule has 1 fully saturated rings. The van der Waals surface area contributed by atoms with Crippen molar-refractivity contribution in [3.8, 4) is 5.75 Å². The van der Waals surface area contributed by atoms with E-state index in [1.165, 1.54) is 0 Å². The summed E-state index contributed by atoms with van der Waals surface area (Å²) in [5, 5.41) is 9.06. The van der Waals surface area contributed by atoms with Crippen LogP contribution >= 0.6 is 0 Å². The number of para-hydroxylation sites is 1. The van der Waals surface area contributed by atoms with Crippen LogP contribution in [0.15, 0.2) is 24.3 Å². The van der Waals surface area contributed by atoms with Gasteiger partial charge in [-0.25, -0.2) is 0 Å². The summed E-state index contributed by atoms with van der Waals surface area (Å²) < 4.78 is 5.53. The van der Waals surface area contributed by atoms with Crippen molar-refractivity contribution in [2.75, 3.05) is 6.61 Å². The van der Waals surface area contributed by atoms with Gasteiger partial charge in [0, 0.05) is 11.0 Å². The van der Waals surface area contributed by atoms with E-state index < -0.39 is 5.97 Å². The molecule has 78 valence electrons. The molecule has 1 aliphatic heterocycles. The van der Waals surface area contributed by atoms with E-state index in [2.05, 4.69) is 0 Å². The van der Waals surface area contributed by atoms with Crippen molar-refractivity contribution in [2.45, 2.75) is 18.3 Å². The lowest BCUT2D eigenvalue weighted by atomic mass is 9.87. The second-order valence-electron chi connectivity index (χ2n) is 4.35. The maximum absolute atomic E-state index is 11.0. The summed E-state index contributed by atoms with van der Waals surface area (Å²) in [4.78, 5) is 11.0. The second kappa shape index (κ2) is 2.75. The Balaban J connectivity index is 2.05. The van der Waals surface area contributed by atoms with Crippen molar-refractivity contribution >= 4 is 5.97 Å². The molecule has 3 heteroatoms. The van der Waals surface area contributed by atoms with Crippen LogP contribution in [-0.2, 0) is 10.2 Å². The molecule has 0 bridgehead atoms. The summed E-state index contributed by atoms with van der Waals surface area (Å²) in [5.74, 6) is -0.0123. The smallest absolute Gasteiger partial charge is 0.307 e. The van der Waals surface area contributed by atoms with Crippen LogP contribution in [0.2, 0.25) is 0 Å². The molecule has 1 saturated carbocycles. The minimum atomic E-state index is -0.674. The highest BCUT2D eigenvalue weighted by Crippen LogP contribution is 2.60. The van der Waals surface area contributed by atoms with Gasteiger partial charge in [-0.05, 0) is 18.9 Å². The first-order chi connectivity index (χ1) is 7.24. The van der Waals surface area contributed by atoms with Gasteiger partial charge in [-0.1, -0.05) is 18.2 Å². The lowest BCUT2D eigenvalue weighted by Crippen LogP contribution is -2.23. The third-order valence-corrected chi connectivity index (χ3v) is 3.60. The zero-order chi connectivity index (χ0) is 10.5. The quantitative estimate of drug-likeness (QED) is 0.758. The van der Waals surface area contributed by atoms with E-state index in [0.717, 1.165) is 24.2 Å². The van der Waals surface area contributed by atoms with Crippen LogP contribution < -0.4 is 4.74 Å². The van der Waals surface area contributed by atoms with Crippen molar-refractivity contribution in [1.82, 2.24) is 0 Å². The van der Waals surface area contributed by atoms with Gasteiger partial charge in [0.05, 0.1) is 12.5 Å². The summed E-state index contributed by atoms with van der Waals surface area (Å²) in [6.45, 7) is 0.640. The first kappa shape index (κ1) is 8.77. The Kier molecular flexibility index (Phi) is 1.61. The zero-order valence-electron chi connectivity index (χ0n) is 8.27. The molecule has 1 aromatic rings. The molecule has 1 spiro atoms. The fourth-order valence-electron chi connectivity index (χ4n) is 2.68. The lowest BCUT2D eigenvalue weighted by Gasteiger charge is -2.26. The number of hydrogen-bond donors (Lipinski definition) is 1. The molecule has 0 radical (unpaired) electrons. The van der Waals surface area contributed by atoms with E-state index in [1.807, 2.05) is 24.3 Å². The molecule has 0 amide bonds. The molecule has 1 aliphatic carbocycles. The van der Waals surface area contributed by atoms with Gasteiger partial charge >= 0.3 is 5.97 Å². The van der Waals surface area contributed by atoms with Gasteiger partial charge in [0.1, 0.15) is 5.75 Å². The number of carboxylic acids is 1. The second-order valence-corrected chi connectivity index (χ2v) is 4.35. The molecule has 0 aromatic heterocycles. The fourth-order valence-corrected chi connectivity index (χ4v) is 2.68. The van der Waals surface area contributed by atoms with Gasteiger partial charge in [-0.3, -0.25) is 4.79 Å². The van der Waals surface area contributed by atoms with Crippen LogP contribution in [0.25, 0.3) is 0 Å². The van der Waals surface area contributed by atoms with Crippen molar-refractivity contribution in [3.63, 3.8) is 0 Å². The SMILES string of the molecule is O=C(O)[C@H]1C[C@]12CCOc1ccccc12. The summed E-state index contributed by atoms with van der Waals surface area (Å²) in [6, 6.07) is 7.80. The Bertz CT molecular complexity index is 427. The Hall–Kier alpha value is -1.51. The number of ether oxygens (including phenoxy) is 1. The standard InChI is InChI=1S/C12H12O3/c13-11(14)9-7-12(9)5-6-15-10-4-2-1-3-8(10)12/h1-4,9H,5-7H2,(H,13,14)/t9-,12+/m1/s1. The molecule has 2 aliphatic rings. The number of benzene rings is 1. The first-order valence-electron chi connectivity index (χ1n) is 5.19. The van der Waals surface area contributed by atoms with Crippen molar-refractivity contribution in [3.05, 3.63) is 29.8 Å². The van der Waals surface area contributed by atoms with Crippen LogP contribution in [0.1, 0.15) is 18.4 Å². The predicted molar refractivity (Wildman–Crippen MR) is 54.0 cm³/mol. The molecule has 0 unspecified atom stereocenters. The number of aliphatic carboxylic acids is 1. The van der Waals surface area contributed by atoms with Crippen LogP contribution in [0, 0.1) is 5.92 Å². The molecular formula is C12H12O3. The maximum atomic E-state index is 11.0. The number of fused-ring (bicyclic) bond motifs is 2. The minimum Gasteiger partial charge on any atom is -0.493 e. The average Bonchev–Trinajstić information content (AvgIpc) is 2.95. The van der Waals surface area contributed by atoms with E-state index >= 15 is 0 Å². The van der Waals surface area contributed by atoms with Crippen LogP contribution in [0.3, 0.4) is 0 Å². The van der Waals surface area contributed by atoms with E-state index in [-0.39, 0.29) is 11.3 Å². The highest BCUT2D eigenvalue weighted by atomic mass is 16.5. The zero-order valence-corrected chi connectivity index (χ0v) is 8.27. The van der Waals surface area contributed by atoms with Gasteiger partial charge in [0.2, 0.25) is 0 Å². The summed E-state index contributed by atoms with van der Waals surface area (Å²) in [5.41, 5.74) is 0.962. The molecule has 1 N–H and O–H groups in total. The van der Waals surface area contributed by atoms with E-state index in [0.29, 0.717) is 6.61 Å². The molecule has 15 heavy (non-hydrogen) atoms. The van der Waals surface area contributed by atoms with Gasteiger partial charge in [0.25, 0.3) is 0 Å². The topological polar surface area (TPSA) is 46.5 Å². The summed E-state index contributed by atoms with van der Waals surface area (Å²) in [7, 11) is 0. The molecule has 0 saturated heterocycles.